The van der Waals surface area contributed by atoms with E-state index in [1.54, 1.807) is 18.2 Å². The van der Waals surface area contributed by atoms with E-state index in [2.05, 4.69) is 24.0 Å². The first kappa shape index (κ1) is 25.3. The highest BCUT2D eigenvalue weighted by Crippen LogP contribution is 2.28. The third-order valence-electron chi connectivity index (χ3n) is 6.03. The number of sulfonamides is 1. The van der Waals surface area contributed by atoms with Crippen molar-refractivity contribution < 1.29 is 21.0 Å². The average Bonchev–Trinajstić information content (AvgIpc) is 2.83. The quantitative estimate of drug-likeness (QED) is 0.469. The third-order valence-corrected chi connectivity index (χ3v) is 8.32. The maximum atomic E-state index is 13.3. The van der Waals surface area contributed by atoms with E-state index in [1.165, 1.54) is 22.0 Å². The second-order valence-corrected chi connectivity index (χ2v) is 11.6. The summed E-state index contributed by atoms with van der Waals surface area (Å²) in [6.07, 6.45) is 0.521. The molecule has 35 heavy (non-hydrogen) atoms. The molecule has 3 aromatic rings. The molecule has 1 aliphatic heterocycles. The molecule has 0 fully saturated rings. The molecule has 0 aliphatic carbocycles. The van der Waals surface area contributed by atoms with E-state index in [4.69, 9.17) is 9.32 Å². The molecule has 0 saturated carbocycles. The van der Waals surface area contributed by atoms with E-state index in [-0.39, 0.29) is 17.2 Å². The average molecular weight is 516 g/mol. The molecule has 0 atom stereocenters. The highest BCUT2D eigenvalue weighted by molar-refractivity contribution is 7.89. The Morgan fingerprint density at radius 2 is 1.54 bits per heavy atom. The van der Waals surface area contributed by atoms with Crippen molar-refractivity contribution in [3.05, 3.63) is 95.1 Å². The van der Waals surface area contributed by atoms with Crippen LogP contribution in [0.3, 0.4) is 0 Å². The lowest BCUT2D eigenvalue weighted by atomic mass is 10.0. The third kappa shape index (κ3) is 6.47. The summed E-state index contributed by atoms with van der Waals surface area (Å²) in [7, 11) is -7.87. The van der Waals surface area contributed by atoms with Gasteiger partial charge in [0.05, 0.1) is 4.90 Å². The van der Waals surface area contributed by atoms with Crippen molar-refractivity contribution in [1.82, 2.24) is 9.21 Å². The van der Waals surface area contributed by atoms with Gasteiger partial charge in [-0.15, -0.1) is 0 Å². The van der Waals surface area contributed by atoms with Crippen LogP contribution in [0.4, 0.5) is 0 Å². The Balaban J connectivity index is 1.46. The zero-order valence-electron chi connectivity index (χ0n) is 19.5. The zero-order chi connectivity index (χ0) is 25.1. The Morgan fingerprint density at radius 1 is 0.886 bits per heavy atom. The summed E-state index contributed by atoms with van der Waals surface area (Å²) in [5.41, 5.74) is 3.91. The first-order valence-electron chi connectivity index (χ1n) is 11.3. The number of fused-ring (bicyclic) bond motifs is 1. The smallest absolute Gasteiger partial charge is 0.371 e. The van der Waals surface area contributed by atoms with Crippen molar-refractivity contribution >= 4 is 20.3 Å². The number of nitrogens with zero attached hydrogens (tertiary/aromatic N) is 2. The number of benzene rings is 3. The van der Waals surface area contributed by atoms with Gasteiger partial charge in [-0.25, -0.2) is 8.42 Å². The lowest BCUT2D eigenvalue weighted by Crippen LogP contribution is -2.36. The minimum Gasteiger partial charge on any atom is -0.371 e. The van der Waals surface area contributed by atoms with Crippen LogP contribution in [-0.2, 0) is 46.4 Å². The molecule has 4 rings (SSSR count). The van der Waals surface area contributed by atoms with Gasteiger partial charge in [-0.3, -0.25) is 4.90 Å². The van der Waals surface area contributed by atoms with Crippen LogP contribution in [0.5, 0.6) is 5.75 Å². The van der Waals surface area contributed by atoms with E-state index in [0.717, 1.165) is 30.8 Å². The van der Waals surface area contributed by atoms with Crippen LogP contribution < -0.4 is 9.32 Å². The van der Waals surface area contributed by atoms with E-state index >= 15 is 0 Å². The molecule has 2 N–H and O–H groups in total. The van der Waals surface area contributed by atoms with Gasteiger partial charge >= 0.3 is 10.3 Å². The summed E-state index contributed by atoms with van der Waals surface area (Å²) in [6, 6.07) is 22.0. The molecule has 0 amide bonds. The van der Waals surface area contributed by atoms with Crippen LogP contribution in [0.25, 0.3) is 0 Å². The van der Waals surface area contributed by atoms with Crippen molar-refractivity contribution in [2.45, 2.75) is 37.9 Å². The summed E-state index contributed by atoms with van der Waals surface area (Å²) in [5, 5.41) is 4.95. The maximum Gasteiger partial charge on any atom is 0.380 e. The minimum absolute atomic E-state index is 0.0610. The van der Waals surface area contributed by atoms with Gasteiger partial charge in [0.15, 0.2) is 0 Å². The number of hydrogen-bond donors (Lipinski definition) is 1. The normalized spacial score (nSPS) is 14.6. The molecule has 0 spiro atoms. The molecule has 1 aliphatic rings. The maximum absolute atomic E-state index is 13.3. The van der Waals surface area contributed by atoms with Crippen molar-refractivity contribution in [1.29, 1.82) is 0 Å². The monoisotopic (exact) mass is 515 g/mol. The molecule has 0 radical (unpaired) electrons. The summed E-state index contributed by atoms with van der Waals surface area (Å²) in [5.74, 6) is 0.0610. The summed E-state index contributed by atoms with van der Waals surface area (Å²) in [4.78, 5) is 2.52. The minimum atomic E-state index is -4.16. The molecule has 1 heterocycles. The fourth-order valence-electron chi connectivity index (χ4n) is 4.19. The Hall–Kier alpha value is -2.76. The summed E-state index contributed by atoms with van der Waals surface area (Å²) < 4.78 is 55.2. The lowest BCUT2D eigenvalue weighted by molar-refractivity contribution is 0.271. The molecule has 0 aromatic heterocycles. The molecule has 186 valence electrons. The Bertz CT molecular complexity index is 1380. The van der Waals surface area contributed by atoms with Crippen LogP contribution >= 0.6 is 0 Å². The number of rotatable bonds is 9. The Morgan fingerprint density at radius 3 is 2.17 bits per heavy atom. The van der Waals surface area contributed by atoms with Crippen LogP contribution in [0.15, 0.2) is 77.7 Å². The van der Waals surface area contributed by atoms with E-state index in [9.17, 15) is 16.8 Å². The molecule has 0 unspecified atom stereocenters. The van der Waals surface area contributed by atoms with Crippen molar-refractivity contribution in [2.24, 2.45) is 5.14 Å². The first-order valence-corrected chi connectivity index (χ1v) is 14.2. The summed E-state index contributed by atoms with van der Waals surface area (Å²) >= 11 is 0. The van der Waals surface area contributed by atoms with Gasteiger partial charge in [0, 0.05) is 26.2 Å². The fourth-order valence-corrected chi connectivity index (χ4v) is 5.98. The van der Waals surface area contributed by atoms with Gasteiger partial charge in [0.2, 0.25) is 10.0 Å². The number of hydrogen-bond acceptors (Lipinski definition) is 6. The van der Waals surface area contributed by atoms with Crippen molar-refractivity contribution in [3.63, 3.8) is 0 Å². The van der Waals surface area contributed by atoms with Gasteiger partial charge in [0.25, 0.3) is 0 Å². The van der Waals surface area contributed by atoms with Crippen LogP contribution in [0.1, 0.15) is 29.2 Å². The second kappa shape index (κ2) is 10.5. The molecule has 8 nitrogen and oxygen atoms in total. The predicted octanol–water partition coefficient (Wildman–Crippen LogP) is 3.04. The van der Waals surface area contributed by atoms with Crippen LogP contribution in [0, 0.1) is 0 Å². The zero-order valence-corrected chi connectivity index (χ0v) is 21.1. The highest BCUT2D eigenvalue weighted by Gasteiger charge is 2.28. The predicted molar refractivity (Wildman–Crippen MR) is 134 cm³/mol. The van der Waals surface area contributed by atoms with Gasteiger partial charge in [-0.2, -0.15) is 17.9 Å². The van der Waals surface area contributed by atoms with Crippen molar-refractivity contribution in [3.8, 4) is 5.75 Å². The van der Waals surface area contributed by atoms with Gasteiger partial charge in [-0.05, 0) is 59.5 Å². The van der Waals surface area contributed by atoms with E-state index in [0.29, 0.717) is 18.5 Å². The largest absolute Gasteiger partial charge is 0.380 e. The van der Waals surface area contributed by atoms with Crippen molar-refractivity contribution in [2.75, 3.05) is 13.1 Å². The Kier molecular flexibility index (Phi) is 7.58. The SMILES string of the molecule is CCN(Cc1ccccc1)Cc1ccc(S(=O)(=O)N2CCc3ccc(OS(N)(=O)=O)cc3C2)cc1. The number of nitrogens with two attached hydrogens (primary N) is 1. The first-order chi connectivity index (χ1) is 16.6. The molecular weight excluding hydrogens is 486 g/mol. The molecule has 0 saturated heterocycles. The molecule has 3 aromatic carbocycles. The second-order valence-electron chi connectivity index (χ2n) is 8.53. The van der Waals surface area contributed by atoms with E-state index < -0.39 is 20.3 Å². The van der Waals surface area contributed by atoms with Gasteiger partial charge in [0.1, 0.15) is 5.75 Å². The van der Waals surface area contributed by atoms with Gasteiger partial charge in [-0.1, -0.05) is 55.5 Å². The molecule has 0 bridgehead atoms. The Labute approximate surface area is 207 Å². The summed E-state index contributed by atoms with van der Waals surface area (Å²) in [6.45, 7) is 4.99. The topological polar surface area (TPSA) is 110 Å². The molecular formula is C25H29N3O5S2. The fraction of sp³-hybridized carbons (Fsp3) is 0.280. The van der Waals surface area contributed by atoms with Crippen LogP contribution in [0.2, 0.25) is 0 Å². The van der Waals surface area contributed by atoms with Crippen LogP contribution in [-0.4, -0.2) is 39.1 Å². The molecule has 10 heteroatoms. The standard InChI is InChI=1S/C25H29N3O5S2/c1-2-27(17-20-6-4-3-5-7-20)18-21-8-12-25(13-9-21)34(29,30)28-15-14-22-10-11-24(16-23(22)19-28)33-35(26,31)32/h3-13,16H,2,14-15,17-19H2,1H3,(H2,26,31,32). The van der Waals surface area contributed by atoms with E-state index in [1.807, 2.05) is 30.3 Å². The van der Waals surface area contributed by atoms with Gasteiger partial charge < -0.3 is 4.18 Å². The lowest BCUT2D eigenvalue weighted by Gasteiger charge is -2.28. The highest BCUT2D eigenvalue weighted by atomic mass is 32.2.